The normalized spacial score (nSPS) is 12.2. The third-order valence-corrected chi connectivity index (χ3v) is 4.97. The highest BCUT2D eigenvalue weighted by Gasteiger charge is 2.18. The minimum Gasteiger partial charge on any atom is -0.454 e. The molecule has 2 aromatic carbocycles. The molecule has 1 aliphatic heterocycles. The first kappa shape index (κ1) is 16.6. The number of benzene rings is 2. The molecule has 5 nitrogen and oxygen atoms in total. The van der Waals surface area contributed by atoms with Crippen LogP contribution in [0.25, 0.3) is 0 Å². The zero-order valence-corrected chi connectivity index (χ0v) is 14.9. The topological polar surface area (TPSA) is 51.7 Å². The Labute approximate surface area is 155 Å². The highest BCUT2D eigenvalue weighted by Crippen LogP contribution is 2.33. The van der Waals surface area contributed by atoms with Crippen LogP contribution < -0.4 is 14.4 Å². The third kappa shape index (κ3) is 3.70. The predicted octanol–water partition coefficient (Wildman–Crippen LogP) is 4.04. The average molecular weight is 366 g/mol. The van der Waals surface area contributed by atoms with E-state index in [1.165, 1.54) is 0 Å². The largest absolute Gasteiger partial charge is 0.454 e. The van der Waals surface area contributed by atoms with Gasteiger partial charge in [0.15, 0.2) is 11.5 Å². The van der Waals surface area contributed by atoms with Crippen molar-refractivity contribution in [3.8, 4) is 11.5 Å². The molecule has 1 aromatic heterocycles. The van der Waals surface area contributed by atoms with E-state index in [0.29, 0.717) is 19.4 Å². The Morgan fingerprint density at radius 2 is 1.96 bits per heavy atom. The van der Waals surface area contributed by atoms with Crippen LogP contribution in [0.3, 0.4) is 0 Å². The SMILES string of the molecule is O=C(CCc1ccc2c(c1)OCO2)N(Cc1nccs1)c1ccccc1. The number of ether oxygens (including phenoxy) is 2. The number of thiazole rings is 1. The Bertz CT molecular complexity index is 881. The number of aryl methyl sites for hydroxylation is 1. The molecule has 0 radical (unpaired) electrons. The molecule has 0 saturated heterocycles. The Hall–Kier alpha value is -2.86. The number of nitrogens with zero attached hydrogens (tertiary/aromatic N) is 2. The monoisotopic (exact) mass is 366 g/mol. The number of rotatable bonds is 6. The number of hydrogen-bond donors (Lipinski definition) is 0. The standard InChI is InChI=1S/C20H18N2O3S/c23-20(9-7-15-6-8-17-18(12-15)25-14-24-17)22(13-19-21-10-11-26-19)16-4-2-1-3-5-16/h1-6,8,10-12H,7,9,13-14H2. The van der Waals surface area contributed by atoms with Gasteiger partial charge >= 0.3 is 0 Å². The van der Waals surface area contributed by atoms with Gasteiger partial charge in [0.25, 0.3) is 0 Å². The summed E-state index contributed by atoms with van der Waals surface area (Å²) in [5.74, 6) is 1.58. The molecule has 4 rings (SSSR count). The highest BCUT2D eigenvalue weighted by atomic mass is 32.1. The molecule has 6 heteroatoms. The van der Waals surface area contributed by atoms with E-state index in [2.05, 4.69) is 4.98 Å². The summed E-state index contributed by atoms with van der Waals surface area (Å²) in [6, 6.07) is 15.6. The number of amides is 1. The number of anilines is 1. The number of carbonyl (C=O) groups is 1. The molecule has 132 valence electrons. The predicted molar refractivity (Wildman–Crippen MR) is 101 cm³/mol. The van der Waals surface area contributed by atoms with Crippen LogP contribution in [0.4, 0.5) is 5.69 Å². The lowest BCUT2D eigenvalue weighted by molar-refractivity contribution is -0.118. The second kappa shape index (κ2) is 7.58. The molecule has 0 fully saturated rings. The van der Waals surface area contributed by atoms with E-state index in [0.717, 1.165) is 27.8 Å². The number of fused-ring (bicyclic) bond motifs is 1. The number of hydrogen-bond acceptors (Lipinski definition) is 5. The first-order valence-electron chi connectivity index (χ1n) is 8.42. The van der Waals surface area contributed by atoms with E-state index in [1.807, 2.05) is 53.9 Å². The fourth-order valence-corrected chi connectivity index (χ4v) is 3.48. The van der Waals surface area contributed by atoms with Gasteiger partial charge < -0.3 is 14.4 Å². The molecule has 0 saturated carbocycles. The van der Waals surface area contributed by atoms with Gasteiger partial charge in [0.1, 0.15) is 5.01 Å². The third-order valence-electron chi connectivity index (χ3n) is 4.21. The summed E-state index contributed by atoms with van der Waals surface area (Å²) in [4.78, 5) is 19.0. The van der Waals surface area contributed by atoms with E-state index in [-0.39, 0.29) is 12.7 Å². The Morgan fingerprint density at radius 1 is 1.12 bits per heavy atom. The molecular formula is C20H18N2O3S. The molecule has 0 atom stereocenters. The summed E-state index contributed by atoms with van der Waals surface area (Å²) in [5, 5.41) is 2.85. The van der Waals surface area contributed by atoms with E-state index in [1.54, 1.807) is 22.4 Å². The van der Waals surface area contributed by atoms with Gasteiger partial charge in [0.2, 0.25) is 12.7 Å². The van der Waals surface area contributed by atoms with Gasteiger partial charge in [-0.3, -0.25) is 4.79 Å². The van der Waals surface area contributed by atoms with Crippen molar-refractivity contribution >= 4 is 22.9 Å². The van der Waals surface area contributed by atoms with Crippen LogP contribution >= 0.6 is 11.3 Å². The summed E-state index contributed by atoms with van der Waals surface area (Å²) in [6.07, 6.45) is 2.83. The lowest BCUT2D eigenvalue weighted by Crippen LogP contribution is -2.30. The maximum atomic E-state index is 12.9. The first-order chi connectivity index (χ1) is 12.8. The van der Waals surface area contributed by atoms with Gasteiger partial charge in [-0.25, -0.2) is 4.98 Å². The van der Waals surface area contributed by atoms with Gasteiger partial charge in [0.05, 0.1) is 6.54 Å². The smallest absolute Gasteiger partial charge is 0.231 e. The molecule has 26 heavy (non-hydrogen) atoms. The van der Waals surface area contributed by atoms with Crippen molar-refractivity contribution in [3.05, 3.63) is 70.7 Å². The number of aromatic nitrogens is 1. The van der Waals surface area contributed by atoms with Crippen LogP contribution in [0.15, 0.2) is 60.1 Å². The summed E-state index contributed by atoms with van der Waals surface area (Å²) in [7, 11) is 0. The van der Waals surface area contributed by atoms with Crippen LogP contribution in [0.2, 0.25) is 0 Å². The molecule has 1 amide bonds. The van der Waals surface area contributed by atoms with Crippen molar-refractivity contribution in [2.45, 2.75) is 19.4 Å². The van der Waals surface area contributed by atoms with Crippen molar-refractivity contribution in [1.82, 2.24) is 4.98 Å². The van der Waals surface area contributed by atoms with Crippen LogP contribution in [-0.2, 0) is 17.8 Å². The number of carbonyl (C=O) groups excluding carboxylic acids is 1. The fourth-order valence-electron chi connectivity index (χ4n) is 2.88. The van der Waals surface area contributed by atoms with E-state index < -0.39 is 0 Å². The Balaban J connectivity index is 1.47. The van der Waals surface area contributed by atoms with Crippen molar-refractivity contribution in [2.24, 2.45) is 0 Å². The molecule has 1 aliphatic rings. The van der Waals surface area contributed by atoms with Gasteiger partial charge in [-0.15, -0.1) is 11.3 Å². The second-order valence-corrected chi connectivity index (χ2v) is 6.91. The Morgan fingerprint density at radius 3 is 2.77 bits per heavy atom. The second-order valence-electron chi connectivity index (χ2n) is 5.93. The van der Waals surface area contributed by atoms with Crippen LogP contribution in [0.1, 0.15) is 17.0 Å². The van der Waals surface area contributed by atoms with E-state index in [4.69, 9.17) is 9.47 Å². The summed E-state index contributed by atoms with van der Waals surface area (Å²) < 4.78 is 10.7. The Kier molecular flexibility index (Phi) is 4.84. The molecule has 0 aliphatic carbocycles. The molecule has 0 unspecified atom stereocenters. The zero-order valence-electron chi connectivity index (χ0n) is 14.1. The molecule has 3 aromatic rings. The number of para-hydroxylation sites is 1. The van der Waals surface area contributed by atoms with Crippen molar-refractivity contribution in [2.75, 3.05) is 11.7 Å². The van der Waals surface area contributed by atoms with Gasteiger partial charge in [-0.05, 0) is 36.2 Å². The molecular weight excluding hydrogens is 348 g/mol. The lowest BCUT2D eigenvalue weighted by atomic mass is 10.1. The summed E-state index contributed by atoms with van der Waals surface area (Å²) in [6.45, 7) is 0.745. The zero-order chi connectivity index (χ0) is 17.8. The fraction of sp³-hybridized carbons (Fsp3) is 0.200. The quantitative estimate of drug-likeness (QED) is 0.661. The average Bonchev–Trinajstić information content (AvgIpc) is 3.36. The minimum atomic E-state index is 0.0732. The van der Waals surface area contributed by atoms with Gasteiger partial charge in [-0.1, -0.05) is 24.3 Å². The first-order valence-corrected chi connectivity index (χ1v) is 9.30. The molecule has 0 spiro atoms. The minimum absolute atomic E-state index is 0.0732. The van der Waals surface area contributed by atoms with Crippen LogP contribution in [0.5, 0.6) is 11.5 Å². The lowest BCUT2D eigenvalue weighted by Gasteiger charge is -2.22. The van der Waals surface area contributed by atoms with E-state index in [9.17, 15) is 4.79 Å². The molecule has 2 heterocycles. The van der Waals surface area contributed by atoms with Crippen LogP contribution in [-0.4, -0.2) is 17.7 Å². The van der Waals surface area contributed by atoms with Crippen LogP contribution in [0, 0.1) is 0 Å². The van der Waals surface area contributed by atoms with Crippen molar-refractivity contribution in [1.29, 1.82) is 0 Å². The maximum absolute atomic E-state index is 12.9. The highest BCUT2D eigenvalue weighted by molar-refractivity contribution is 7.09. The molecule has 0 N–H and O–H groups in total. The summed E-state index contributed by atoms with van der Waals surface area (Å²) in [5.41, 5.74) is 1.95. The summed E-state index contributed by atoms with van der Waals surface area (Å²) >= 11 is 1.56. The van der Waals surface area contributed by atoms with Crippen molar-refractivity contribution in [3.63, 3.8) is 0 Å². The van der Waals surface area contributed by atoms with Crippen molar-refractivity contribution < 1.29 is 14.3 Å². The molecule has 0 bridgehead atoms. The van der Waals surface area contributed by atoms with Gasteiger partial charge in [-0.2, -0.15) is 0 Å². The maximum Gasteiger partial charge on any atom is 0.231 e. The van der Waals surface area contributed by atoms with Gasteiger partial charge in [0, 0.05) is 23.7 Å². The van der Waals surface area contributed by atoms with E-state index >= 15 is 0 Å².